The lowest BCUT2D eigenvalue weighted by molar-refractivity contribution is -0.143. The number of ether oxygens (including phenoxy) is 1. The van der Waals surface area contributed by atoms with Crippen LogP contribution in [0.2, 0.25) is 0 Å². The van der Waals surface area contributed by atoms with Crippen LogP contribution >= 0.6 is 12.2 Å². The number of thiocarbonyl (C=S) groups is 1. The molecule has 0 bridgehead atoms. The van der Waals surface area contributed by atoms with Gasteiger partial charge in [-0.05, 0) is 55.5 Å². The lowest BCUT2D eigenvalue weighted by Crippen LogP contribution is -2.36. The van der Waals surface area contributed by atoms with Crippen molar-refractivity contribution in [1.82, 2.24) is 24.8 Å². The first kappa shape index (κ1) is 19.1. The van der Waals surface area contributed by atoms with E-state index >= 15 is 0 Å². The van der Waals surface area contributed by atoms with Crippen molar-refractivity contribution in [2.24, 2.45) is 0 Å². The average Bonchev–Trinajstić information content (AvgIpc) is 3.34. The highest BCUT2D eigenvalue weighted by molar-refractivity contribution is 7.80. The molecule has 4 rings (SSSR count). The fourth-order valence-corrected chi connectivity index (χ4v) is 3.92. The average molecular weight is 407 g/mol. The van der Waals surface area contributed by atoms with Crippen molar-refractivity contribution >= 4 is 23.3 Å². The monoisotopic (exact) mass is 407 g/mol. The third kappa shape index (κ3) is 3.84. The Morgan fingerprint density at radius 3 is 2.72 bits per heavy atom. The van der Waals surface area contributed by atoms with E-state index < -0.39 is 0 Å². The highest BCUT2D eigenvalue weighted by atomic mass is 32.1. The van der Waals surface area contributed by atoms with Gasteiger partial charge in [-0.2, -0.15) is 0 Å². The maximum Gasteiger partial charge on any atom is 0.325 e. The highest BCUT2D eigenvalue weighted by Crippen LogP contribution is 2.39. The van der Waals surface area contributed by atoms with Crippen LogP contribution in [0.4, 0.5) is 0 Å². The summed E-state index contributed by atoms with van der Waals surface area (Å²) in [5.74, 6) is -0.315. The number of rotatable bonds is 6. The second-order valence-electron chi connectivity index (χ2n) is 6.57. The standard InChI is InChI=1S/C21H21N5O2S/c1-2-28-18(27)14-26-20(19(24-21(26)29)16-6-3-4-10-23-16)17-7-5-13-25(17)15-8-11-22-12-9-15/h3-13,19-20H,2,14H2,1H3,(H,24,29). The van der Waals surface area contributed by atoms with Gasteiger partial charge in [-0.25, -0.2) is 0 Å². The zero-order valence-corrected chi connectivity index (χ0v) is 16.7. The van der Waals surface area contributed by atoms with Crippen molar-refractivity contribution in [1.29, 1.82) is 0 Å². The molecule has 0 spiro atoms. The predicted molar refractivity (Wildman–Crippen MR) is 112 cm³/mol. The number of esters is 1. The normalized spacial score (nSPS) is 18.5. The minimum atomic E-state index is -0.315. The van der Waals surface area contributed by atoms with E-state index in [0.29, 0.717) is 11.7 Å². The van der Waals surface area contributed by atoms with E-state index in [1.54, 1.807) is 25.5 Å². The minimum absolute atomic E-state index is 0.0647. The maximum atomic E-state index is 12.3. The Kier molecular flexibility index (Phi) is 5.53. The maximum absolute atomic E-state index is 12.3. The molecule has 29 heavy (non-hydrogen) atoms. The van der Waals surface area contributed by atoms with Crippen molar-refractivity contribution < 1.29 is 9.53 Å². The Morgan fingerprint density at radius 1 is 1.17 bits per heavy atom. The molecule has 2 atom stereocenters. The Morgan fingerprint density at radius 2 is 2.00 bits per heavy atom. The van der Waals surface area contributed by atoms with Crippen LogP contribution in [0, 0.1) is 0 Å². The second-order valence-corrected chi connectivity index (χ2v) is 6.95. The Balaban J connectivity index is 1.77. The largest absolute Gasteiger partial charge is 0.465 e. The summed E-state index contributed by atoms with van der Waals surface area (Å²) >= 11 is 5.59. The number of hydrogen-bond acceptors (Lipinski definition) is 5. The van der Waals surface area contributed by atoms with E-state index in [2.05, 4.69) is 19.9 Å². The Hall–Kier alpha value is -3.26. The van der Waals surface area contributed by atoms with Gasteiger partial charge in [-0.1, -0.05) is 6.07 Å². The van der Waals surface area contributed by atoms with E-state index in [0.717, 1.165) is 17.1 Å². The molecule has 0 aromatic carbocycles. The van der Waals surface area contributed by atoms with Gasteiger partial charge in [0, 0.05) is 36.2 Å². The predicted octanol–water partition coefficient (Wildman–Crippen LogP) is 2.80. The molecule has 1 aliphatic rings. The Labute approximate surface area is 174 Å². The van der Waals surface area contributed by atoms with Crippen molar-refractivity contribution in [3.63, 3.8) is 0 Å². The van der Waals surface area contributed by atoms with Crippen molar-refractivity contribution in [2.45, 2.75) is 19.0 Å². The number of pyridine rings is 2. The second kappa shape index (κ2) is 8.40. The quantitative estimate of drug-likeness (QED) is 0.498. The van der Waals surface area contributed by atoms with Crippen LogP contribution in [0.1, 0.15) is 30.4 Å². The number of carbonyl (C=O) groups excluding carboxylic acids is 1. The van der Waals surface area contributed by atoms with Gasteiger partial charge in [0.2, 0.25) is 0 Å². The van der Waals surface area contributed by atoms with Crippen LogP contribution in [0.15, 0.2) is 67.3 Å². The summed E-state index contributed by atoms with van der Waals surface area (Å²) < 4.78 is 7.25. The molecule has 7 nitrogen and oxygen atoms in total. The Bertz CT molecular complexity index is 993. The van der Waals surface area contributed by atoms with Gasteiger partial charge >= 0.3 is 5.97 Å². The third-order valence-electron chi connectivity index (χ3n) is 4.83. The molecule has 3 aromatic heterocycles. The van der Waals surface area contributed by atoms with Crippen LogP contribution in [0.25, 0.3) is 5.69 Å². The first-order valence-electron chi connectivity index (χ1n) is 9.40. The topological polar surface area (TPSA) is 72.3 Å². The van der Waals surface area contributed by atoms with Gasteiger partial charge < -0.3 is 19.5 Å². The van der Waals surface area contributed by atoms with Gasteiger partial charge in [0.15, 0.2) is 5.11 Å². The molecule has 0 radical (unpaired) electrons. The zero-order valence-electron chi connectivity index (χ0n) is 15.9. The van der Waals surface area contributed by atoms with E-state index in [-0.39, 0.29) is 24.6 Å². The molecule has 1 aliphatic heterocycles. The highest BCUT2D eigenvalue weighted by Gasteiger charge is 2.42. The van der Waals surface area contributed by atoms with Crippen LogP contribution in [-0.2, 0) is 9.53 Å². The molecule has 1 fully saturated rings. The summed E-state index contributed by atoms with van der Waals surface area (Å²) in [4.78, 5) is 22.8. The molecule has 0 amide bonds. The number of aromatic nitrogens is 3. The van der Waals surface area contributed by atoms with Crippen LogP contribution < -0.4 is 5.32 Å². The van der Waals surface area contributed by atoms with E-state index in [9.17, 15) is 4.79 Å². The smallest absolute Gasteiger partial charge is 0.325 e. The van der Waals surface area contributed by atoms with E-state index in [4.69, 9.17) is 17.0 Å². The lowest BCUT2D eigenvalue weighted by Gasteiger charge is -2.28. The molecule has 0 aliphatic carbocycles. The first-order chi connectivity index (χ1) is 14.2. The van der Waals surface area contributed by atoms with Crippen LogP contribution in [0.5, 0.6) is 0 Å². The summed E-state index contributed by atoms with van der Waals surface area (Å²) in [6.07, 6.45) is 7.25. The van der Waals surface area contributed by atoms with Crippen LogP contribution in [0.3, 0.4) is 0 Å². The summed E-state index contributed by atoms with van der Waals surface area (Å²) in [5.41, 5.74) is 2.82. The molecule has 8 heteroatoms. The van der Waals surface area contributed by atoms with E-state index in [1.807, 2.05) is 53.6 Å². The first-order valence-corrected chi connectivity index (χ1v) is 9.81. The fraction of sp³-hybridized carbons (Fsp3) is 0.238. The molecule has 0 saturated carbocycles. The SMILES string of the molecule is CCOC(=O)CN1C(=S)NC(c2ccccn2)C1c1cccn1-c1ccncc1. The lowest BCUT2D eigenvalue weighted by atomic mass is 10.0. The van der Waals surface area contributed by atoms with Crippen molar-refractivity contribution in [2.75, 3.05) is 13.2 Å². The van der Waals surface area contributed by atoms with E-state index in [1.165, 1.54) is 0 Å². The summed E-state index contributed by atoms with van der Waals surface area (Å²) in [7, 11) is 0. The third-order valence-corrected chi connectivity index (χ3v) is 5.18. The molecule has 148 valence electrons. The van der Waals surface area contributed by atoms with Crippen molar-refractivity contribution in [3.05, 3.63) is 78.6 Å². The molecule has 1 saturated heterocycles. The van der Waals surface area contributed by atoms with Gasteiger partial charge in [0.05, 0.1) is 24.4 Å². The molecular formula is C21H21N5O2S. The van der Waals surface area contributed by atoms with Gasteiger partial charge in [-0.3, -0.25) is 14.8 Å². The van der Waals surface area contributed by atoms with Gasteiger partial charge in [-0.15, -0.1) is 0 Å². The summed E-state index contributed by atoms with van der Waals surface area (Å²) in [6, 6.07) is 13.2. The number of nitrogens with zero attached hydrogens (tertiary/aromatic N) is 4. The number of hydrogen-bond donors (Lipinski definition) is 1. The molecule has 4 heterocycles. The molecule has 1 N–H and O–H groups in total. The molecular weight excluding hydrogens is 386 g/mol. The number of nitrogens with one attached hydrogen (secondary N) is 1. The molecule has 3 aromatic rings. The van der Waals surface area contributed by atoms with Crippen LogP contribution in [-0.4, -0.2) is 43.7 Å². The van der Waals surface area contributed by atoms with Gasteiger partial charge in [0.1, 0.15) is 6.54 Å². The van der Waals surface area contributed by atoms with Crippen molar-refractivity contribution in [3.8, 4) is 5.69 Å². The minimum Gasteiger partial charge on any atom is -0.465 e. The summed E-state index contributed by atoms with van der Waals surface area (Å²) in [6.45, 7) is 2.19. The summed E-state index contributed by atoms with van der Waals surface area (Å²) in [5, 5.41) is 3.85. The fourth-order valence-electron chi connectivity index (χ4n) is 3.62. The zero-order chi connectivity index (χ0) is 20.2. The molecule has 2 unspecified atom stereocenters. The number of carbonyl (C=O) groups is 1. The van der Waals surface area contributed by atoms with Gasteiger partial charge in [0.25, 0.3) is 0 Å².